The lowest BCUT2D eigenvalue weighted by Crippen LogP contribution is -2.26. The van der Waals surface area contributed by atoms with Crippen LogP contribution in [0.4, 0.5) is 0 Å². The number of aromatic nitrogens is 1. The van der Waals surface area contributed by atoms with Crippen molar-refractivity contribution < 1.29 is 4.79 Å². The molecule has 0 aliphatic carbocycles. The Labute approximate surface area is 156 Å². The Morgan fingerprint density at radius 2 is 1.73 bits per heavy atom. The molecular weight excluding hydrogens is 344 g/mol. The number of fused-ring (bicyclic) bond motifs is 3. The van der Waals surface area contributed by atoms with Gasteiger partial charge in [-0.25, -0.2) is 0 Å². The number of halogens is 1. The lowest BCUT2D eigenvalue weighted by Gasteiger charge is -2.19. The van der Waals surface area contributed by atoms with E-state index < -0.39 is 0 Å². The van der Waals surface area contributed by atoms with Crippen LogP contribution in [0.15, 0.2) is 72.9 Å². The molecule has 1 heterocycles. The van der Waals surface area contributed by atoms with Gasteiger partial charge in [-0.15, -0.1) is 0 Å². The first kappa shape index (κ1) is 16.6. The zero-order valence-corrected chi connectivity index (χ0v) is 15.1. The van der Waals surface area contributed by atoms with Crippen LogP contribution >= 0.6 is 11.6 Å². The molecule has 3 nitrogen and oxygen atoms in total. The third-order valence-electron chi connectivity index (χ3n) is 4.56. The molecule has 0 saturated carbocycles. The predicted molar refractivity (Wildman–Crippen MR) is 106 cm³/mol. The second kappa shape index (κ2) is 6.77. The summed E-state index contributed by atoms with van der Waals surface area (Å²) in [5.41, 5.74) is 2.25. The molecule has 0 bridgehead atoms. The van der Waals surface area contributed by atoms with Gasteiger partial charge in [0.25, 0.3) is 5.91 Å². The number of nitrogens with zero attached hydrogens (tertiary/aromatic N) is 2. The molecule has 0 spiro atoms. The summed E-state index contributed by atoms with van der Waals surface area (Å²) in [5.74, 6) is -0.0700. The van der Waals surface area contributed by atoms with Gasteiger partial charge in [-0.1, -0.05) is 60.1 Å². The van der Waals surface area contributed by atoms with E-state index in [2.05, 4.69) is 11.1 Å². The predicted octanol–water partition coefficient (Wildman–Crippen LogP) is 5.31. The average Bonchev–Trinajstić information content (AvgIpc) is 2.68. The molecule has 0 unspecified atom stereocenters. The quantitative estimate of drug-likeness (QED) is 0.463. The van der Waals surface area contributed by atoms with Gasteiger partial charge in [0.05, 0.1) is 11.1 Å². The van der Waals surface area contributed by atoms with Crippen molar-refractivity contribution in [3.8, 4) is 0 Å². The molecule has 0 radical (unpaired) electrons. The number of hydrogen-bond acceptors (Lipinski definition) is 2. The number of rotatable bonds is 3. The summed E-state index contributed by atoms with van der Waals surface area (Å²) in [7, 11) is 1.79. The van der Waals surface area contributed by atoms with Crippen LogP contribution < -0.4 is 0 Å². The maximum Gasteiger partial charge on any atom is 0.256 e. The summed E-state index contributed by atoms with van der Waals surface area (Å²) in [6.07, 6.45) is 1.72. The number of amides is 1. The third-order valence-corrected chi connectivity index (χ3v) is 4.92. The topological polar surface area (TPSA) is 33.2 Å². The molecule has 0 atom stereocenters. The Morgan fingerprint density at radius 1 is 1.00 bits per heavy atom. The third kappa shape index (κ3) is 2.91. The Morgan fingerprint density at radius 3 is 2.58 bits per heavy atom. The van der Waals surface area contributed by atoms with Gasteiger partial charge in [0.15, 0.2) is 0 Å². The normalized spacial score (nSPS) is 11.0. The van der Waals surface area contributed by atoms with Gasteiger partial charge in [-0.3, -0.25) is 9.78 Å². The second-order valence-corrected chi connectivity index (χ2v) is 6.70. The molecule has 26 heavy (non-hydrogen) atoms. The van der Waals surface area contributed by atoms with Crippen LogP contribution in [0.25, 0.3) is 21.7 Å². The number of carbonyl (C=O) groups excluding carboxylic acids is 1. The van der Waals surface area contributed by atoms with E-state index in [9.17, 15) is 4.79 Å². The van der Waals surface area contributed by atoms with Gasteiger partial charge in [-0.05, 0) is 34.5 Å². The zero-order chi connectivity index (χ0) is 18.1. The molecule has 0 fully saturated rings. The highest BCUT2D eigenvalue weighted by Gasteiger charge is 2.18. The van der Waals surface area contributed by atoms with E-state index >= 15 is 0 Å². The van der Waals surface area contributed by atoms with Crippen molar-refractivity contribution in [1.29, 1.82) is 0 Å². The first-order chi connectivity index (χ1) is 12.6. The smallest absolute Gasteiger partial charge is 0.256 e. The number of pyridine rings is 1. The average molecular weight is 361 g/mol. The molecule has 4 rings (SSSR count). The lowest BCUT2D eigenvalue weighted by atomic mass is 10.00. The van der Waals surface area contributed by atoms with Crippen LogP contribution in [0.2, 0.25) is 5.02 Å². The SMILES string of the molecule is CN(Cc1ccccc1Cl)C(=O)c1cc2ccccc2c2cccnc12. The number of hydrogen-bond donors (Lipinski definition) is 0. The van der Waals surface area contributed by atoms with E-state index in [1.807, 2.05) is 60.7 Å². The van der Waals surface area contributed by atoms with Crippen LogP contribution in [-0.2, 0) is 6.54 Å². The van der Waals surface area contributed by atoms with Crippen molar-refractivity contribution in [3.05, 3.63) is 89.1 Å². The summed E-state index contributed by atoms with van der Waals surface area (Å²) in [6, 6.07) is 21.5. The first-order valence-electron chi connectivity index (χ1n) is 8.40. The molecule has 128 valence electrons. The maximum absolute atomic E-state index is 13.2. The maximum atomic E-state index is 13.2. The Bertz CT molecular complexity index is 1120. The summed E-state index contributed by atoms with van der Waals surface area (Å²) >= 11 is 6.24. The molecule has 0 saturated heterocycles. The standard InChI is InChI=1S/C22H17ClN2O/c1-25(14-16-8-3-5-11-20(16)23)22(26)19-13-15-7-2-4-9-17(15)18-10-6-12-24-21(18)19/h2-13H,14H2,1H3. The second-order valence-electron chi connectivity index (χ2n) is 6.30. The molecule has 1 aromatic heterocycles. The summed E-state index contributed by atoms with van der Waals surface area (Å²) in [5, 5.41) is 3.78. The van der Waals surface area contributed by atoms with E-state index in [0.717, 1.165) is 27.2 Å². The molecular formula is C22H17ClN2O. The first-order valence-corrected chi connectivity index (χ1v) is 8.78. The minimum absolute atomic E-state index is 0.0700. The van der Waals surface area contributed by atoms with E-state index in [1.165, 1.54) is 0 Å². The summed E-state index contributed by atoms with van der Waals surface area (Å²) in [4.78, 5) is 19.3. The lowest BCUT2D eigenvalue weighted by molar-refractivity contribution is 0.0787. The fraction of sp³-hybridized carbons (Fsp3) is 0.0909. The highest BCUT2D eigenvalue weighted by Crippen LogP contribution is 2.28. The van der Waals surface area contributed by atoms with Crippen LogP contribution in [0.1, 0.15) is 15.9 Å². The highest BCUT2D eigenvalue weighted by atomic mass is 35.5. The highest BCUT2D eigenvalue weighted by molar-refractivity contribution is 6.31. The zero-order valence-electron chi connectivity index (χ0n) is 14.3. The van der Waals surface area contributed by atoms with Crippen molar-refractivity contribution in [2.75, 3.05) is 7.05 Å². The van der Waals surface area contributed by atoms with E-state index in [-0.39, 0.29) is 5.91 Å². The molecule has 1 amide bonds. The Hall–Kier alpha value is -2.91. The van der Waals surface area contributed by atoms with Crippen LogP contribution in [0, 0.1) is 0 Å². The molecule has 4 aromatic rings. The van der Waals surface area contributed by atoms with Crippen molar-refractivity contribution >= 4 is 39.2 Å². The molecule has 0 N–H and O–H groups in total. The molecule has 0 aliphatic rings. The van der Waals surface area contributed by atoms with Gasteiger partial charge in [0.1, 0.15) is 0 Å². The van der Waals surface area contributed by atoms with Gasteiger partial charge in [0, 0.05) is 30.2 Å². The van der Waals surface area contributed by atoms with E-state index in [1.54, 1.807) is 18.1 Å². The molecule has 3 aromatic carbocycles. The monoisotopic (exact) mass is 360 g/mol. The number of carbonyl (C=O) groups is 1. The fourth-order valence-electron chi connectivity index (χ4n) is 3.25. The molecule has 0 aliphatic heterocycles. The van der Waals surface area contributed by atoms with E-state index in [0.29, 0.717) is 17.1 Å². The fourth-order valence-corrected chi connectivity index (χ4v) is 3.45. The van der Waals surface area contributed by atoms with Crippen LogP contribution in [0.5, 0.6) is 0 Å². The van der Waals surface area contributed by atoms with Crippen molar-refractivity contribution in [2.24, 2.45) is 0 Å². The van der Waals surface area contributed by atoms with Gasteiger partial charge < -0.3 is 4.90 Å². The minimum atomic E-state index is -0.0700. The van der Waals surface area contributed by atoms with Crippen molar-refractivity contribution in [3.63, 3.8) is 0 Å². The number of benzene rings is 3. The van der Waals surface area contributed by atoms with Crippen LogP contribution in [-0.4, -0.2) is 22.8 Å². The Kier molecular flexibility index (Phi) is 4.31. The largest absolute Gasteiger partial charge is 0.337 e. The van der Waals surface area contributed by atoms with E-state index in [4.69, 9.17) is 11.6 Å². The van der Waals surface area contributed by atoms with Gasteiger partial charge in [0.2, 0.25) is 0 Å². The van der Waals surface area contributed by atoms with Gasteiger partial charge in [-0.2, -0.15) is 0 Å². The summed E-state index contributed by atoms with van der Waals surface area (Å²) < 4.78 is 0. The Balaban J connectivity index is 1.79. The van der Waals surface area contributed by atoms with Crippen molar-refractivity contribution in [2.45, 2.75) is 6.54 Å². The van der Waals surface area contributed by atoms with Crippen LogP contribution in [0.3, 0.4) is 0 Å². The minimum Gasteiger partial charge on any atom is -0.337 e. The molecule has 4 heteroatoms. The van der Waals surface area contributed by atoms with Crippen molar-refractivity contribution in [1.82, 2.24) is 9.88 Å². The van der Waals surface area contributed by atoms with Gasteiger partial charge >= 0.3 is 0 Å². The summed E-state index contributed by atoms with van der Waals surface area (Å²) in [6.45, 7) is 0.444.